The van der Waals surface area contributed by atoms with Crippen molar-refractivity contribution in [1.82, 2.24) is 0 Å². The lowest BCUT2D eigenvalue weighted by Crippen LogP contribution is -2.10. The molecule has 0 bridgehead atoms. The minimum absolute atomic E-state index is 0.210. The molecule has 0 aromatic heterocycles. The number of ether oxygens (including phenoxy) is 3. The zero-order valence-electron chi connectivity index (χ0n) is 17.8. The second-order valence-electron chi connectivity index (χ2n) is 7.24. The summed E-state index contributed by atoms with van der Waals surface area (Å²) in [5.41, 5.74) is 1.15. The van der Waals surface area contributed by atoms with Gasteiger partial charge in [0.2, 0.25) is 0 Å². The number of hydrogen-bond acceptors (Lipinski definition) is 6. The Labute approximate surface area is 186 Å². The third-order valence-electron chi connectivity index (χ3n) is 4.64. The minimum atomic E-state index is -0.476. The van der Waals surface area contributed by atoms with E-state index in [0.717, 1.165) is 10.8 Å². The summed E-state index contributed by atoms with van der Waals surface area (Å²) in [5, 5.41) is 1.99. The zero-order valence-corrected chi connectivity index (χ0v) is 17.8. The molecule has 3 aromatic rings. The predicted octanol–water partition coefficient (Wildman–Crippen LogP) is 5.12. The molecular weight excluding hydrogens is 408 g/mol. The van der Waals surface area contributed by atoms with Crippen LogP contribution in [0.5, 0.6) is 5.75 Å². The highest BCUT2D eigenvalue weighted by molar-refractivity contribution is 5.96. The van der Waals surface area contributed by atoms with Crippen LogP contribution in [-0.4, -0.2) is 31.1 Å². The summed E-state index contributed by atoms with van der Waals surface area (Å²) in [4.78, 5) is 35.8. The number of esters is 3. The standard InChI is InChI=1S/C26H24O6/c1-18(2)24(27)30-15-5-6-16-31-25(28)20-11-13-23(14-12-20)32-26(29)22-10-9-19-7-3-4-8-21(19)17-22/h3-4,7-14,17H,1,5-6,15-16H2,2H3. The maximum Gasteiger partial charge on any atom is 0.343 e. The summed E-state index contributed by atoms with van der Waals surface area (Å²) in [6.45, 7) is 5.55. The third kappa shape index (κ3) is 6.28. The van der Waals surface area contributed by atoms with Crippen LogP contribution in [0.3, 0.4) is 0 Å². The molecule has 0 N–H and O–H groups in total. The molecule has 0 amide bonds. The highest BCUT2D eigenvalue weighted by Crippen LogP contribution is 2.19. The topological polar surface area (TPSA) is 78.9 Å². The number of benzene rings is 3. The first-order chi connectivity index (χ1) is 15.4. The molecule has 0 radical (unpaired) electrons. The van der Waals surface area contributed by atoms with Crippen LogP contribution in [-0.2, 0) is 14.3 Å². The summed E-state index contributed by atoms with van der Waals surface area (Å²) < 4.78 is 15.6. The van der Waals surface area contributed by atoms with Crippen molar-refractivity contribution in [3.8, 4) is 5.75 Å². The second kappa shape index (κ2) is 10.9. The van der Waals surface area contributed by atoms with Crippen molar-refractivity contribution in [2.75, 3.05) is 13.2 Å². The van der Waals surface area contributed by atoms with E-state index in [2.05, 4.69) is 6.58 Å². The quantitative estimate of drug-likeness (QED) is 0.202. The predicted molar refractivity (Wildman–Crippen MR) is 121 cm³/mol. The number of fused-ring (bicyclic) bond motifs is 1. The van der Waals surface area contributed by atoms with Crippen LogP contribution >= 0.6 is 0 Å². The van der Waals surface area contributed by atoms with Crippen LogP contribution in [0, 0.1) is 0 Å². The molecule has 0 aliphatic carbocycles. The molecule has 0 atom stereocenters. The summed E-state index contributed by atoms with van der Waals surface area (Å²) in [7, 11) is 0. The van der Waals surface area contributed by atoms with Crippen molar-refractivity contribution >= 4 is 28.7 Å². The molecule has 0 saturated carbocycles. The Hall–Kier alpha value is -3.93. The fourth-order valence-corrected chi connectivity index (χ4v) is 2.88. The van der Waals surface area contributed by atoms with E-state index < -0.39 is 17.9 Å². The third-order valence-corrected chi connectivity index (χ3v) is 4.64. The Morgan fingerprint density at radius 3 is 2.06 bits per heavy atom. The first-order valence-corrected chi connectivity index (χ1v) is 10.2. The van der Waals surface area contributed by atoms with Crippen molar-refractivity contribution in [3.05, 3.63) is 90.0 Å². The van der Waals surface area contributed by atoms with Crippen LogP contribution in [0.2, 0.25) is 0 Å². The number of hydrogen-bond donors (Lipinski definition) is 0. The molecule has 3 aromatic carbocycles. The Kier molecular flexibility index (Phi) is 7.75. The van der Waals surface area contributed by atoms with E-state index in [-0.39, 0.29) is 13.2 Å². The van der Waals surface area contributed by atoms with Gasteiger partial charge >= 0.3 is 17.9 Å². The van der Waals surface area contributed by atoms with Gasteiger partial charge in [-0.05, 0) is 66.9 Å². The van der Waals surface area contributed by atoms with Gasteiger partial charge in [0.1, 0.15) is 5.75 Å². The molecule has 0 fully saturated rings. The van der Waals surface area contributed by atoms with Gasteiger partial charge < -0.3 is 14.2 Å². The van der Waals surface area contributed by atoms with Crippen molar-refractivity contribution in [1.29, 1.82) is 0 Å². The second-order valence-corrected chi connectivity index (χ2v) is 7.24. The van der Waals surface area contributed by atoms with Gasteiger partial charge in [-0.1, -0.05) is 36.9 Å². The lowest BCUT2D eigenvalue weighted by atomic mass is 10.1. The molecule has 32 heavy (non-hydrogen) atoms. The van der Waals surface area contributed by atoms with Gasteiger partial charge in [0.05, 0.1) is 24.3 Å². The van der Waals surface area contributed by atoms with Gasteiger partial charge in [0.15, 0.2) is 0 Å². The molecule has 6 nitrogen and oxygen atoms in total. The van der Waals surface area contributed by atoms with E-state index in [4.69, 9.17) is 14.2 Å². The molecule has 6 heteroatoms. The molecule has 0 heterocycles. The summed E-state index contributed by atoms with van der Waals surface area (Å²) in [5.74, 6) is -1.04. The number of carbonyl (C=O) groups excluding carboxylic acids is 3. The molecule has 0 unspecified atom stereocenters. The van der Waals surface area contributed by atoms with E-state index in [1.807, 2.05) is 30.3 Å². The Morgan fingerprint density at radius 1 is 0.750 bits per heavy atom. The maximum absolute atomic E-state index is 12.4. The van der Waals surface area contributed by atoms with Gasteiger partial charge in [0.25, 0.3) is 0 Å². The smallest absolute Gasteiger partial charge is 0.343 e. The molecule has 0 saturated heterocycles. The molecule has 3 rings (SSSR count). The van der Waals surface area contributed by atoms with Crippen LogP contribution in [0.4, 0.5) is 0 Å². The molecular formula is C26H24O6. The van der Waals surface area contributed by atoms with E-state index in [9.17, 15) is 14.4 Å². The van der Waals surface area contributed by atoms with Crippen LogP contribution in [0.15, 0.2) is 78.9 Å². The van der Waals surface area contributed by atoms with Crippen LogP contribution in [0.25, 0.3) is 10.8 Å². The Morgan fingerprint density at radius 2 is 1.38 bits per heavy atom. The Bertz CT molecular complexity index is 1130. The van der Waals surface area contributed by atoms with Crippen LogP contribution in [0.1, 0.15) is 40.5 Å². The van der Waals surface area contributed by atoms with E-state index in [0.29, 0.717) is 35.3 Å². The normalized spacial score (nSPS) is 10.4. The lowest BCUT2D eigenvalue weighted by molar-refractivity contribution is -0.139. The first kappa shape index (κ1) is 22.7. The van der Waals surface area contributed by atoms with E-state index >= 15 is 0 Å². The summed E-state index contributed by atoms with van der Waals surface area (Å²) >= 11 is 0. The monoisotopic (exact) mass is 432 g/mol. The fraction of sp³-hybridized carbons (Fsp3) is 0.192. The molecule has 164 valence electrons. The van der Waals surface area contributed by atoms with Gasteiger partial charge in [-0.2, -0.15) is 0 Å². The summed E-state index contributed by atoms with van der Waals surface area (Å²) in [6, 6.07) is 19.3. The minimum Gasteiger partial charge on any atom is -0.462 e. The first-order valence-electron chi connectivity index (χ1n) is 10.2. The number of unbranched alkanes of at least 4 members (excludes halogenated alkanes) is 1. The van der Waals surface area contributed by atoms with Crippen molar-refractivity contribution < 1.29 is 28.6 Å². The molecule has 0 aliphatic heterocycles. The van der Waals surface area contributed by atoms with Gasteiger partial charge in [0, 0.05) is 5.57 Å². The van der Waals surface area contributed by atoms with Crippen molar-refractivity contribution in [2.24, 2.45) is 0 Å². The van der Waals surface area contributed by atoms with E-state index in [1.54, 1.807) is 43.3 Å². The average molecular weight is 432 g/mol. The van der Waals surface area contributed by atoms with Crippen molar-refractivity contribution in [2.45, 2.75) is 19.8 Å². The largest absolute Gasteiger partial charge is 0.462 e. The van der Waals surface area contributed by atoms with Gasteiger partial charge in [-0.15, -0.1) is 0 Å². The van der Waals surface area contributed by atoms with Crippen LogP contribution < -0.4 is 4.74 Å². The Balaban J connectivity index is 1.45. The highest BCUT2D eigenvalue weighted by atomic mass is 16.5. The fourth-order valence-electron chi connectivity index (χ4n) is 2.88. The van der Waals surface area contributed by atoms with E-state index in [1.165, 1.54) is 0 Å². The maximum atomic E-state index is 12.4. The zero-order chi connectivity index (χ0) is 22.9. The summed E-state index contributed by atoms with van der Waals surface area (Å²) in [6.07, 6.45) is 1.15. The SMILES string of the molecule is C=C(C)C(=O)OCCCCOC(=O)c1ccc(OC(=O)c2ccc3ccccc3c2)cc1. The number of rotatable bonds is 9. The average Bonchev–Trinajstić information content (AvgIpc) is 2.81. The highest BCUT2D eigenvalue weighted by Gasteiger charge is 2.11. The van der Waals surface area contributed by atoms with Crippen molar-refractivity contribution in [3.63, 3.8) is 0 Å². The van der Waals surface area contributed by atoms with Gasteiger partial charge in [-0.25, -0.2) is 14.4 Å². The van der Waals surface area contributed by atoms with Gasteiger partial charge in [-0.3, -0.25) is 0 Å². The number of carbonyl (C=O) groups is 3. The molecule has 0 spiro atoms. The lowest BCUT2D eigenvalue weighted by Gasteiger charge is -2.08. The molecule has 0 aliphatic rings.